The summed E-state index contributed by atoms with van der Waals surface area (Å²) < 4.78 is 11.1. The van der Waals surface area contributed by atoms with Crippen molar-refractivity contribution >= 4 is 28.0 Å². The van der Waals surface area contributed by atoms with Crippen LogP contribution in [0.5, 0.6) is 5.75 Å². The Bertz CT molecular complexity index is 1340. The first kappa shape index (κ1) is 24.7. The van der Waals surface area contributed by atoms with Crippen LogP contribution in [-0.2, 0) is 10.2 Å². The molecule has 0 N–H and O–H groups in total. The molecule has 4 aromatic rings. The highest BCUT2D eigenvalue weighted by Crippen LogP contribution is 2.38. The van der Waals surface area contributed by atoms with Crippen molar-refractivity contribution in [1.82, 2.24) is 15.0 Å². The van der Waals surface area contributed by atoms with Crippen molar-refractivity contribution in [2.75, 3.05) is 0 Å². The molecule has 0 bridgehead atoms. The summed E-state index contributed by atoms with van der Waals surface area (Å²) in [6.45, 7) is 16.6. The van der Waals surface area contributed by atoms with Gasteiger partial charge in [0.1, 0.15) is 22.3 Å². The highest BCUT2D eigenvalue weighted by molar-refractivity contribution is 5.94. The zero-order chi connectivity index (χ0) is 25.6. The minimum absolute atomic E-state index is 0.112. The van der Waals surface area contributed by atoms with Gasteiger partial charge in [-0.25, -0.2) is 4.79 Å². The lowest BCUT2D eigenvalue weighted by molar-refractivity contribution is 0.0205. The zero-order valence-electron chi connectivity index (χ0n) is 22.0. The Morgan fingerprint density at radius 2 is 1.40 bits per heavy atom. The summed E-state index contributed by atoms with van der Waals surface area (Å²) >= 11 is 0. The second kappa shape index (κ2) is 8.67. The number of benzene rings is 3. The molecule has 35 heavy (non-hydrogen) atoms. The molecule has 1 heterocycles. The van der Waals surface area contributed by atoms with Crippen molar-refractivity contribution in [3.05, 3.63) is 60.2 Å². The summed E-state index contributed by atoms with van der Waals surface area (Å²) in [6.07, 6.45) is 0.217. The molecule has 0 aliphatic heterocycles. The third kappa shape index (κ3) is 5.81. The van der Waals surface area contributed by atoms with E-state index in [0.717, 1.165) is 33.8 Å². The molecule has 0 saturated carbocycles. The van der Waals surface area contributed by atoms with E-state index < -0.39 is 11.8 Å². The van der Waals surface area contributed by atoms with Gasteiger partial charge in [0, 0.05) is 0 Å². The van der Waals surface area contributed by atoms with Crippen molar-refractivity contribution in [2.24, 2.45) is 5.41 Å². The van der Waals surface area contributed by atoms with Crippen LogP contribution < -0.4 is 4.74 Å². The second-order valence-corrected chi connectivity index (χ2v) is 12.0. The number of hydrogen-bond donors (Lipinski definition) is 0. The minimum Gasteiger partial charge on any atom is -0.428 e. The van der Waals surface area contributed by atoms with Gasteiger partial charge >= 0.3 is 6.16 Å². The Labute approximate surface area is 207 Å². The van der Waals surface area contributed by atoms with E-state index in [1.165, 1.54) is 0 Å². The van der Waals surface area contributed by atoms with Crippen LogP contribution in [0.2, 0.25) is 0 Å². The largest absolute Gasteiger partial charge is 0.514 e. The highest BCUT2D eigenvalue weighted by Gasteiger charge is 2.29. The molecule has 0 aliphatic carbocycles. The lowest BCUT2D eigenvalue weighted by Gasteiger charge is -2.33. The van der Waals surface area contributed by atoms with Crippen LogP contribution in [0.15, 0.2) is 54.6 Å². The summed E-state index contributed by atoms with van der Waals surface area (Å²) in [6, 6.07) is 18.0. The molecule has 0 radical (unpaired) electrons. The van der Waals surface area contributed by atoms with Gasteiger partial charge in [0.05, 0.1) is 0 Å². The number of fused-ring (bicyclic) bond motifs is 2. The third-order valence-corrected chi connectivity index (χ3v) is 5.76. The maximum atomic E-state index is 12.5. The molecule has 1 aromatic heterocycles. The van der Waals surface area contributed by atoms with Gasteiger partial charge < -0.3 is 9.47 Å². The van der Waals surface area contributed by atoms with E-state index in [4.69, 9.17) is 19.7 Å². The lowest BCUT2D eigenvalue weighted by atomic mass is 9.72. The Kier molecular flexibility index (Phi) is 6.12. The molecule has 0 aliphatic rings. The molecule has 6 nitrogen and oxygen atoms in total. The molecule has 0 amide bonds. The summed E-state index contributed by atoms with van der Waals surface area (Å²) in [5.74, 6) is 0.347. The molecule has 3 aromatic carbocycles. The Morgan fingerprint density at radius 1 is 0.829 bits per heavy atom. The van der Waals surface area contributed by atoms with Crippen LogP contribution in [0.3, 0.4) is 0 Å². The molecule has 6 heteroatoms. The molecule has 0 spiro atoms. The molecule has 4 rings (SSSR count). The summed E-state index contributed by atoms with van der Waals surface area (Å²) in [4.78, 5) is 14.1. The van der Waals surface area contributed by atoms with Gasteiger partial charge in [-0.15, -0.1) is 15.0 Å². The fourth-order valence-corrected chi connectivity index (χ4v) is 4.68. The van der Waals surface area contributed by atoms with Gasteiger partial charge in [-0.3, -0.25) is 0 Å². The van der Waals surface area contributed by atoms with Crippen molar-refractivity contribution in [1.29, 1.82) is 0 Å². The van der Waals surface area contributed by atoms with Gasteiger partial charge in [0.25, 0.3) is 0 Å². The average Bonchev–Trinajstić information content (AvgIpc) is 3.11. The first-order valence-corrected chi connectivity index (χ1v) is 12.0. The number of carbonyl (C=O) groups excluding carboxylic acids is 1. The quantitative estimate of drug-likeness (QED) is 0.225. The van der Waals surface area contributed by atoms with Crippen LogP contribution in [-0.4, -0.2) is 26.8 Å². The Balaban J connectivity index is 1.82. The van der Waals surface area contributed by atoms with Crippen LogP contribution in [0.25, 0.3) is 27.5 Å². The average molecular weight is 474 g/mol. The van der Waals surface area contributed by atoms with Gasteiger partial charge in [-0.2, -0.15) is 0 Å². The third-order valence-electron chi connectivity index (χ3n) is 5.76. The predicted molar refractivity (Wildman–Crippen MR) is 140 cm³/mol. The Hall–Kier alpha value is -3.41. The Morgan fingerprint density at radius 3 is 1.91 bits per heavy atom. The maximum Gasteiger partial charge on any atom is 0.514 e. The lowest BCUT2D eigenvalue weighted by Crippen LogP contribution is -2.27. The normalized spacial score (nSPS) is 12.8. The number of rotatable bonds is 4. The number of hydrogen-bond acceptors (Lipinski definition) is 5. The van der Waals surface area contributed by atoms with Crippen molar-refractivity contribution in [3.63, 3.8) is 0 Å². The van der Waals surface area contributed by atoms with Crippen molar-refractivity contribution in [3.8, 4) is 11.4 Å². The van der Waals surface area contributed by atoms with Gasteiger partial charge in [0.2, 0.25) is 0 Å². The van der Waals surface area contributed by atoms with E-state index >= 15 is 0 Å². The van der Waals surface area contributed by atoms with Crippen LogP contribution in [0.1, 0.15) is 67.4 Å². The summed E-state index contributed by atoms with van der Waals surface area (Å²) in [5, 5.41) is 11.7. The molecule has 0 saturated heterocycles. The van der Waals surface area contributed by atoms with Crippen LogP contribution >= 0.6 is 0 Å². The first-order chi connectivity index (χ1) is 16.2. The number of aromatic nitrogens is 3. The van der Waals surface area contributed by atoms with Gasteiger partial charge in [-0.1, -0.05) is 65.0 Å². The van der Waals surface area contributed by atoms with Crippen molar-refractivity contribution in [2.45, 2.75) is 72.8 Å². The number of nitrogens with zero attached hydrogens (tertiary/aromatic N) is 3. The maximum absolute atomic E-state index is 12.5. The van der Waals surface area contributed by atoms with Gasteiger partial charge in [0.15, 0.2) is 5.75 Å². The van der Waals surface area contributed by atoms with Crippen LogP contribution in [0, 0.1) is 5.41 Å². The number of carbonyl (C=O) groups is 1. The highest BCUT2D eigenvalue weighted by atomic mass is 16.7. The molecule has 0 atom stereocenters. The molecule has 0 unspecified atom stereocenters. The molecule has 184 valence electrons. The summed E-state index contributed by atoms with van der Waals surface area (Å²) in [7, 11) is 0. The standard InChI is InChI=1S/C29H35N3O3/c1-27(2,3)18-29(7,8)21-13-14-25(34-26(33)35-28(4,5)6)24(17-21)32-30-22-15-19-11-9-10-12-20(19)16-23(22)31-32/h9-17H,18H2,1-8H3. The summed E-state index contributed by atoms with van der Waals surface area (Å²) in [5.41, 5.74) is 2.62. The van der Waals surface area contributed by atoms with Crippen molar-refractivity contribution < 1.29 is 14.3 Å². The molecular formula is C29H35N3O3. The van der Waals surface area contributed by atoms with E-state index in [-0.39, 0.29) is 10.8 Å². The molecular weight excluding hydrogens is 438 g/mol. The predicted octanol–water partition coefficient (Wildman–Crippen LogP) is 7.60. The topological polar surface area (TPSA) is 66.2 Å². The van der Waals surface area contributed by atoms with E-state index in [9.17, 15) is 4.79 Å². The first-order valence-electron chi connectivity index (χ1n) is 12.0. The fourth-order valence-electron chi connectivity index (χ4n) is 4.68. The minimum atomic E-state index is -0.761. The van der Waals surface area contributed by atoms with E-state index in [1.807, 2.05) is 42.5 Å². The zero-order valence-corrected chi connectivity index (χ0v) is 22.0. The van der Waals surface area contributed by atoms with E-state index in [1.54, 1.807) is 25.6 Å². The SMILES string of the molecule is CC(C)(C)CC(C)(C)c1ccc(OC(=O)OC(C)(C)C)c(-n2nc3cc4ccccc4cc3n2)c1. The fraction of sp³-hybridized carbons (Fsp3) is 0.414. The number of ether oxygens (including phenoxy) is 2. The second-order valence-electron chi connectivity index (χ2n) is 12.0. The van der Waals surface area contributed by atoms with E-state index in [0.29, 0.717) is 11.4 Å². The smallest absolute Gasteiger partial charge is 0.428 e. The van der Waals surface area contributed by atoms with Gasteiger partial charge in [-0.05, 0) is 78.6 Å². The van der Waals surface area contributed by atoms with Crippen LogP contribution in [0.4, 0.5) is 4.79 Å². The van der Waals surface area contributed by atoms with E-state index in [2.05, 4.69) is 46.8 Å². The molecule has 0 fully saturated rings. The monoisotopic (exact) mass is 473 g/mol.